The number of nitrogens with one attached hydrogen (secondary N) is 1. The summed E-state index contributed by atoms with van der Waals surface area (Å²) in [5, 5.41) is 12.7. The van der Waals surface area contributed by atoms with Crippen molar-refractivity contribution in [3.63, 3.8) is 0 Å². The van der Waals surface area contributed by atoms with E-state index in [1.54, 1.807) is 0 Å². The van der Waals surface area contributed by atoms with Crippen molar-refractivity contribution in [1.82, 2.24) is 10.2 Å². The molecule has 2 N–H and O–H groups in total. The number of hydrogen-bond donors (Lipinski definition) is 2. The van der Waals surface area contributed by atoms with Crippen LogP contribution in [0.2, 0.25) is 0 Å². The Morgan fingerprint density at radius 3 is 2.36 bits per heavy atom. The molecular weight excluding hydrogens is 352 g/mol. The van der Waals surface area contributed by atoms with E-state index in [1.807, 2.05) is 0 Å². The first kappa shape index (κ1) is 21.1. The third-order valence-electron chi connectivity index (χ3n) is 6.59. The Labute approximate surface area is 169 Å². The van der Waals surface area contributed by atoms with Crippen molar-refractivity contribution < 1.29 is 14.6 Å². The maximum absolute atomic E-state index is 11.0. The quantitative estimate of drug-likeness (QED) is 0.679. The van der Waals surface area contributed by atoms with E-state index in [9.17, 15) is 4.79 Å². The molecule has 5 nitrogen and oxygen atoms in total. The molecule has 1 aliphatic carbocycles. The smallest absolute Gasteiger partial charge is 0.306 e. The predicted molar refractivity (Wildman–Crippen MR) is 112 cm³/mol. The minimum absolute atomic E-state index is 0.136. The highest BCUT2D eigenvalue weighted by atomic mass is 16.5. The SMILES string of the molecule is CC1CN(CCOc2ccc(CCNC3CCC(C(=O)O)CC3)cc2)CC1C. The van der Waals surface area contributed by atoms with E-state index in [0.29, 0.717) is 6.04 Å². The molecule has 28 heavy (non-hydrogen) atoms. The summed E-state index contributed by atoms with van der Waals surface area (Å²) in [5.74, 6) is 1.76. The van der Waals surface area contributed by atoms with Gasteiger partial charge in [-0.25, -0.2) is 0 Å². The highest BCUT2D eigenvalue weighted by Crippen LogP contribution is 2.24. The van der Waals surface area contributed by atoms with Gasteiger partial charge in [0.25, 0.3) is 0 Å². The zero-order chi connectivity index (χ0) is 19.9. The first-order valence-electron chi connectivity index (χ1n) is 10.9. The van der Waals surface area contributed by atoms with Gasteiger partial charge in [-0.15, -0.1) is 0 Å². The Morgan fingerprint density at radius 2 is 1.75 bits per heavy atom. The molecule has 0 spiro atoms. The first-order valence-corrected chi connectivity index (χ1v) is 10.9. The normalized spacial score (nSPS) is 28.4. The van der Waals surface area contributed by atoms with E-state index in [1.165, 1.54) is 18.7 Å². The van der Waals surface area contributed by atoms with Gasteiger partial charge in [0.15, 0.2) is 0 Å². The largest absolute Gasteiger partial charge is 0.492 e. The Bertz CT molecular complexity index is 601. The molecule has 2 aliphatic rings. The number of aliphatic carboxylic acids is 1. The molecule has 0 aromatic heterocycles. The van der Waals surface area contributed by atoms with E-state index in [2.05, 4.69) is 48.3 Å². The third kappa shape index (κ3) is 6.21. The number of nitrogens with zero attached hydrogens (tertiary/aromatic N) is 1. The number of carbonyl (C=O) groups is 1. The lowest BCUT2D eigenvalue weighted by Crippen LogP contribution is -2.36. The van der Waals surface area contributed by atoms with Crippen molar-refractivity contribution in [1.29, 1.82) is 0 Å². The fourth-order valence-corrected chi connectivity index (χ4v) is 4.44. The lowest BCUT2D eigenvalue weighted by atomic mass is 9.86. The fourth-order valence-electron chi connectivity index (χ4n) is 4.44. The van der Waals surface area contributed by atoms with E-state index < -0.39 is 5.97 Å². The molecule has 2 fully saturated rings. The Kier molecular flexibility index (Phi) is 7.74. The summed E-state index contributed by atoms with van der Waals surface area (Å²) < 4.78 is 5.92. The van der Waals surface area contributed by atoms with Crippen LogP contribution in [-0.2, 0) is 11.2 Å². The van der Waals surface area contributed by atoms with Crippen LogP contribution in [0.5, 0.6) is 5.75 Å². The molecule has 1 saturated heterocycles. The van der Waals surface area contributed by atoms with Crippen LogP contribution >= 0.6 is 0 Å². The average Bonchev–Trinajstić information content (AvgIpc) is 3.01. The second kappa shape index (κ2) is 10.3. The van der Waals surface area contributed by atoms with Gasteiger partial charge in [0, 0.05) is 25.7 Å². The van der Waals surface area contributed by atoms with Crippen molar-refractivity contribution >= 4 is 5.97 Å². The van der Waals surface area contributed by atoms with E-state index in [-0.39, 0.29) is 5.92 Å². The minimum atomic E-state index is -0.634. The van der Waals surface area contributed by atoms with Gasteiger partial charge in [-0.2, -0.15) is 0 Å². The van der Waals surface area contributed by atoms with Crippen molar-refractivity contribution in [2.45, 2.75) is 52.0 Å². The van der Waals surface area contributed by atoms with Crippen LogP contribution in [0.15, 0.2) is 24.3 Å². The predicted octanol–water partition coefficient (Wildman–Crippen LogP) is 3.43. The standard InChI is InChI=1S/C23H36N2O3/c1-17-15-25(16-18(17)2)13-14-28-22-9-3-19(4-10-22)11-12-24-21-7-5-20(6-8-21)23(26)27/h3-4,9-10,17-18,20-21,24H,5-8,11-16H2,1-2H3,(H,26,27). The number of benzene rings is 1. The maximum atomic E-state index is 11.0. The summed E-state index contributed by atoms with van der Waals surface area (Å²) in [6, 6.07) is 8.91. The lowest BCUT2D eigenvalue weighted by molar-refractivity contribution is -0.142. The van der Waals surface area contributed by atoms with E-state index in [0.717, 1.165) is 69.4 Å². The van der Waals surface area contributed by atoms with Crippen molar-refractivity contribution in [3.05, 3.63) is 29.8 Å². The van der Waals surface area contributed by atoms with Gasteiger partial charge in [-0.1, -0.05) is 26.0 Å². The molecule has 0 amide bonds. The van der Waals surface area contributed by atoms with E-state index >= 15 is 0 Å². The molecule has 0 bridgehead atoms. The van der Waals surface area contributed by atoms with Gasteiger partial charge in [-0.05, 0) is 68.2 Å². The molecule has 1 saturated carbocycles. The van der Waals surface area contributed by atoms with Crippen LogP contribution in [0, 0.1) is 17.8 Å². The Balaban J connectivity index is 1.30. The number of hydrogen-bond acceptors (Lipinski definition) is 4. The van der Waals surface area contributed by atoms with Crippen LogP contribution in [0.25, 0.3) is 0 Å². The number of carboxylic acids is 1. The van der Waals surface area contributed by atoms with Crippen LogP contribution in [0.1, 0.15) is 45.1 Å². The highest BCUT2D eigenvalue weighted by Gasteiger charge is 2.26. The average molecular weight is 389 g/mol. The fraction of sp³-hybridized carbons (Fsp3) is 0.696. The lowest BCUT2D eigenvalue weighted by Gasteiger charge is -2.27. The van der Waals surface area contributed by atoms with Gasteiger partial charge in [-0.3, -0.25) is 9.69 Å². The maximum Gasteiger partial charge on any atom is 0.306 e. The zero-order valence-corrected chi connectivity index (χ0v) is 17.4. The molecule has 1 aromatic rings. The minimum Gasteiger partial charge on any atom is -0.492 e. The second-order valence-electron chi connectivity index (χ2n) is 8.80. The molecule has 2 unspecified atom stereocenters. The first-order chi connectivity index (χ1) is 13.5. The van der Waals surface area contributed by atoms with Crippen LogP contribution in [0.4, 0.5) is 0 Å². The topological polar surface area (TPSA) is 61.8 Å². The van der Waals surface area contributed by atoms with Gasteiger partial charge in [0.05, 0.1) is 5.92 Å². The van der Waals surface area contributed by atoms with Gasteiger partial charge < -0.3 is 15.2 Å². The molecule has 1 aliphatic heterocycles. The summed E-state index contributed by atoms with van der Waals surface area (Å²) >= 11 is 0. The van der Waals surface area contributed by atoms with Gasteiger partial charge in [0.1, 0.15) is 12.4 Å². The summed E-state index contributed by atoms with van der Waals surface area (Å²) in [5.41, 5.74) is 1.31. The van der Waals surface area contributed by atoms with Gasteiger partial charge >= 0.3 is 5.97 Å². The molecule has 3 rings (SSSR count). The van der Waals surface area contributed by atoms with Crippen molar-refractivity contribution in [3.8, 4) is 5.75 Å². The molecule has 156 valence electrons. The monoisotopic (exact) mass is 388 g/mol. The zero-order valence-electron chi connectivity index (χ0n) is 17.4. The third-order valence-corrected chi connectivity index (χ3v) is 6.59. The summed E-state index contributed by atoms with van der Waals surface area (Å²) in [7, 11) is 0. The number of likely N-dealkylation sites (tertiary alicyclic amines) is 1. The van der Waals surface area contributed by atoms with E-state index in [4.69, 9.17) is 9.84 Å². The molecule has 5 heteroatoms. The second-order valence-corrected chi connectivity index (χ2v) is 8.80. The molecule has 2 atom stereocenters. The summed E-state index contributed by atoms with van der Waals surface area (Å²) in [4.78, 5) is 13.5. The van der Waals surface area contributed by atoms with Crippen LogP contribution in [0.3, 0.4) is 0 Å². The Morgan fingerprint density at radius 1 is 1.11 bits per heavy atom. The summed E-state index contributed by atoms with van der Waals surface area (Å²) in [6.45, 7) is 9.74. The van der Waals surface area contributed by atoms with Crippen LogP contribution in [-0.4, -0.2) is 54.8 Å². The van der Waals surface area contributed by atoms with Crippen molar-refractivity contribution in [2.24, 2.45) is 17.8 Å². The molecule has 0 radical (unpaired) electrons. The van der Waals surface area contributed by atoms with Crippen LogP contribution < -0.4 is 10.1 Å². The summed E-state index contributed by atoms with van der Waals surface area (Å²) in [6.07, 6.45) is 4.53. The molecule has 1 aromatic carbocycles. The molecule has 1 heterocycles. The van der Waals surface area contributed by atoms with Crippen molar-refractivity contribution in [2.75, 3.05) is 32.8 Å². The number of ether oxygens (including phenoxy) is 1. The number of rotatable bonds is 9. The Hall–Kier alpha value is -1.59. The molecular formula is C23H36N2O3. The highest BCUT2D eigenvalue weighted by molar-refractivity contribution is 5.70. The van der Waals surface area contributed by atoms with Gasteiger partial charge in [0.2, 0.25) is 0 Å². The number of carboxylic acid groups (broad SMARTS) is 1.